The number of anilines is 1. The second-order valence-corrected chi connectivity index (χ2v) is 8.73. The summed E-state index contributed by atoms with van der Waals surface area (Å²) in [5, 5.41) is 9.71. The number of nitrogens with zero attached hydrogens (tertiary/aromatic N) is 2. The topological polar surface area (TPSA) is 53.4 Å². The van der Waals surface area contributed by atoms with E-state index in [1.54, 1.807) is 0 Å². The van der Waals surface area contributed by atoms with E-state index in [9.17, 15) is 18.0 Å². The normalized spacial score (nSPS) is 11.2. The second-order valence-electron chi connectivity index (χ2n) is 7.67. The molecule has 1 heterocycles. The van der Waals surface area contributed by atoms with Crippen LogP contribution in [-0.2, 0) is 17.8 Å². The molecular weight excluding hydrogens is 425 g/mol. The molecule has 4 nitrogen and oxygen atoms in total. The van der Waals surface area contributed by atoms with Crippen LogP contribution >= 0.6 is 11.3 Å². The molecule has 8 heteroatoms. The maximum atomic E-state index is 13.9. The van der Waals surface area contributed by atoms with Gasteiger partial charge in [-0.3, -0.25) is 4.79 Å². The third-order valence-electron chi connectivity index (χ3n) is 4.62. The predicted molar refractivity (Wildman–Crippen MR) is 116 cm³/mol. The summed E-state index contributed by atoms with van der Waals surface area (Å²) in [6, 6.07) is 11.4. The van der Waals surface area contributed by atoms with E-state index in [-0.39, 0.29) is 24.4 Å². The summed E-state index contributed by atoms with van der Waals surface area (Å²) in [5.74, 6) is -4.74. The Labute approximate surface area is 183 Å². The SMILES string of the molecule is CC(C)Cc1sc(N(CCC(=O)O)Cc2ccccc2)nc1-c1cc(F)c(F)c(F)c1. The molecule has 0 saturated carbocycles. The number of carboxylic acid groups (broad SMARTS) is 1. The number of benzene rings is 2. The summed E-state index contributed by atoms with van der Waals surface area (Å²) in [4.78, 5) is 18.4. The lowest BCUT2D eigenvalue weighted by molar-refractivity contribution is -0.136. The van der Waals surface area contributed by atoms with E-state index in [1.165, 1.54) is 11.3 Å². The summed E-state index contributed by atoms with van der Waals surface area (Å²) < 4.78 is 41.2. The van der Waals surface area contributed by atoms with Crippen LogP contribution < -0.4 is 4.90 Å². The lowest BCUT2D eigenvalue weighted by Gasteiger charge is -2.21. The number of rotatable bonds is 9. The second kappa shape index (κ2) is 9.96. The number of aliphatic carboxylic acids is 1. The largest absolute Gasteiger partial charge is 0.481 e. The zero-order valence-electron chi connectivity index (χ0n) is 17.2. The average molecular weight is 449 g/mol. The molecular formula is C23H23F3N2O2S. The summed E-state index contributed by atoms with van der Waals surface area (Å²) in [7, 11) is 0. The van der Waals surface area contributed by atoms with Crippen LogP contribution in [0.1, 0.15) is 30.7 Å². The van der Waals surface area contributed by atoms with E-state index in [4.69, 9.17) is 5.11 Å². The van der Waals surface area contributed by atoms with Crippen molar-refractivity contribution in [3.63, 3.8) is 0 Å². The van der Waals surface area contributed by atoms with Crippen molar-refractivity contribution in [3.05, 3.63) is 70.4 Å². The number of hydrogen-bond acceptors (Lipinski definition) is 4. The van der Waals surface area contributed by atoms with Crippen molar-refractivity contribution in [2.24, 2.45) is 5.92 Å². The first-order chi connectivity index (χ1) is 14.7. The molecule has 0 fully saturated rings. The summed E-state index contributed by atoms with van der Waals surface area (Å²) in [6.45, 7) is 4.70. The van der Waals surface area contributed by atoms with Crippen LogP contribution in [0, 0.1) is 23.4 Å². The lowest BCUT2D eigenvalue weighted by atomic mass is 10.0. The van der Waals surface area contributed by atoms with Gasteiger partial charge in [0.05, 0.1) is 12.1 Å². The Kier molecular flexibility index (Phi) is 7.33. The minimum absolute atomic E-state index is 0.0823. The minimum atomic E-state index is -1.52. The van der Waals surface area contributed by atoms with Gasteiger partial charge in [0, 0.05) is 23.5 Å². The molecule has 0 aliphatic carbocycles. The molecule has 2 aromatic carbocycles. The number of hydrogen-bond donors (Lipinski definition) is 1. The molecule has 1 N–H and O–H groups in total. The predicted octanol–water partition coefficient (Wildman–Crippen LogP) is 5.91. The molecule has 0 radical (unpaired) electrons. The molecule has 3 aromatic rings. The first-order valence-electron chi connectivity index (χ1n) is 9.90. The van der Waals surface area contributed by atoms with E-state index in [2.05, 4.69) is 4.98 Å². The molecule has 3 rings (SSSR count). The highest BCUT2D eigenvalue weighted by atomic mass is 32.1. The molecule has 31 heavy (non-hydrogen) atoms. The summed E-state index contributed by atoms with van der Waals surface area (Å²) in [6.07, 6.45) is 0.535. The van der Waals surface area contributed by atoms with E-state index >= 15 is 0 Å². The maximum Gasteiger partial charge on any atom is 0.305 e. The molecule has 0 atom stereocenters. The van der Waals surface area contributed by atoms with Gasteiger partial charge in [-0.25, -0.2) is 18.2 Å². The van der Waals surface area contributed by atoms with Crippen molar-refractivity contribution in [1.29, 1.82) is 0 Å². The zero-order chi connectivity index (χ0) is 22.5. The van der Waals surface area contributed by atoms with Crippen molar-refractivity contribution in [1.82, 2.24) is 4.98 Å². The molecule has 164 valence electrons. The van der Waals surface area contributed by atoms with Crippen LogP contribution in [-0.4, -0.2) is 22.6 Å². The minimum Gasteiger partial charge on any atom is -0.481 e. The standard InChI is InChI=1S/C23H23F3N2O2S/c1-14(2)10-19-22(16-11-17(24)21(26)18(25)12-16)27-23(31-19)28(9-8-20(29)30)13-15-6-4-3-5-7-15/h3-7,11-12,14H,8-10,13H2,1-2H3,(H,29,30). The van der Waals surface area contributed by atoms with Crippen LogP contribution in [0.2, 0.25) is 0 Å². The number of carboxylic acids is 1. The Bertz CT molecular complexity index is 1030. The Morgan fingerprint density at radius 1 is 1.13 bits per heavy atom. The van der Waals surface area contributed by atoms with Gasteiger partial charge in [0.1, 0.15) is 0 Å². The Morgan fingerprint density at radius 2 is 1.77 bits per heavy atom. The van der Waals surface area contributed by atoms with Crippen LogP contribution in [0.15, 0.2) is 42.5 Å². The van der Waals surface area contributed by atoms with E-state index in [0.717, 1.165) is 22.6 Å². The molecule has 0 saturated heterocycles. The van der Waals surface area contributed by atoms with E-state index in [1.807, 2.05) is 49.1 Å². The van der Waals surface area contributed by atoms with Gasteiger partial charge in [-0.2, -0.15) is 0 Å². The van der Waals surface area contributed by atoms with Gasteiger partial charge >= 0.3 is 5.97 Å². The Balaban J connectivity index is 2.04. The molecule has 1 aromatic heterocycles. The van der Waals surface area contributed by atoms with Crippen molar-refractivity contribution >= 4 is 22.4 Å². The smallest absolute Gasteiger partial charge is 0.305 e. The van der Waals surface area contributed by atoms with Gasteiger partial charge in [0.15, 0.2) is 22.6 Å². The van der Waals surface area contributed by atoms with Crippen molar-refractivity contribution in [2.75, 3.05) is 11.4 Å². The fraction of sp³-hybridized carbons (Fsp3) is 0.304. The third-order valence-corrected chi connectivity index (χ3v) is 5.76. The van der Waals surface area contributed by atoms with Gasteiger partial charge in [0.2, 0.25) is 0 Å². The van der Waals surface area contributed by atoms with Crippen molar-refractivity contribution in [2.45, 2.75) is 33.2 Å². The lowest BCUT2D eigenvalue weighted by Crippen LogP contribution is -2.25. The highest BCUT2D eigenvalue weighted by Crippen LogP contribution is 2.36. The van der Waals surface area contributed by atoms with Gasteiger partial charge in [-0.1, -0.05) is 44.2 Å². The number of halogens is 3. The monoisotopic (exact) mass is 448 g/mol. The Hall–Kier alpha value is -2.87. The molecule has 0 amide bonds. The fourth-order valence-electron chi connectivity index (χ4n) is 3.18. The molecule has 0 aliphatic heterocycles. The molecule has 0 aliphatic rings. The van der Waals surface area contributed by atoms with Crippen LogP contribution in [0.5, 0.6) is 0 Å². The van der Waals surface area contributed by atoms with Gasteiger partial charge in [-0.05, 0) is 30.0 Å². The quantitative estimate of drug-likeness (QED) is 0.414. The van der Waals surface area contributed by atoms with Gasteiger partial charge < -0.3 is 10.0 Å². The molecule has 0 bridgehead atoms. The van der Waals surface area contributed by atoms with Crippen LogP contribution in [0.4, 0.5) is 18.3 Å². The third kappa shape index (κ3) is 5.85. The summed E-state index contributed by atoms with van der Waals surface area (Å²) >= 11 is 1.36. The van der Waals surface area contributed by atoms with Gasteiger partial charge in [0.25, 0.3) is 0 Å². The van der Waals surface area contributed by atoms with E-state index < -0.39 is 23.4 Å². The molecule has 0 spiro atoms. The first-order valence-corrected chi connectivity index (χ1v) is 10.7. The van der Waals surface area contributed by atoms with Gasteiger partial charge in [-0.15, -0.1) is 11.3 Å². The maximum absolute atomic E-state index is 13.9. The van der Waals surface area contributed by atoms with Crippen LogP contribution in [0.25, 0.3) is 11.3 Å². The Morgan fingerprint density at radius 3 is 2.35 bits per heavy atom. The highest BCUT2D eigenvalue weighted by Gasteiger charge is 2.21. The highest BCUT2D eigenvalue weighted by molar-refractivity contribution is 7.16. The fourth-order valence-corrected chi connectivity index (χ4v) is 4.50. The van der Waals surface area contributed by atoms with Crippen LogP contribution in [0.3, 0.4) is 0 Å². The van der Waals surface area contributed by atoms with Crippen molar-refractivity contribution < 1.29 is 23.1 Å². The number of aromatic nitrogens is 1. The zero-order valence-corrected chi connectivity index (χ0v) is 18.1. The van der Waals surface area contributed by atoms with Crippen molar-refractivity contribution in [3.8, 4) is 11.3 Å². The summed E-state index contributed by atoms with van der Waals surface area (Å²) in [5.41, 5.74) is 1.53. The number of carbonyl (C=O) groups is 1. The molecule has 0 unspecified atom stereocenters. The number of thiazole rings is 1. The average Bonchev–Trinajstić information content (AvgIpc) is 3.12. The van der Waals surface area contributed by atoms with E-state index in [0.29, 0.717) is 23.8 Å². The first kappa shape index (κ1) is 22.8.